The molecule has 0 aliphatic carbocycles. The van der Waals surface area contributed by atoms with Gasteiger partial charge in [-0.3, -0.25) is 14.5 Å². The number of para-hydroxylation sites is 1. The number of ether oxygens (including phenoxy) is 1. The summed E-state index contributed by atoms with van der Waals surface area (Å²) in [6.45, 7) is 4.94. The van der Waals surface area contributed by atoms with Crippen LogP contribution in [0.5, 0.6) is 5.75 Å². The van der Waals surface area contributed by atoms with E-state index in [-0.39, 0.29) is 30.3 Å². The minimum absolute atomic E-state index is 0.0371. The van der Waals surface area contributed by atoms with E-state index in [1.807, 2.05) is 37.3 Å². The van der Waals surface area contributed by atoms with Crippen LogP contribution in [0.2, 0.25) is 0 Å². The van der Waals surface area contributed by atoms with Gasteiger partial charge in [0.05, 0.1) is 12.8 Å². The number of benzene rings is 1. The number of imide groups is 1. The Balaban J connectivity index is 1.41. The van der Waals surface area contributed by atoms with Crippen LogP contribution in [0.25, 0.3) is 0 Å². The molecule has 2 aromatic rings. The van der Waals surface area contributed by atoms with Crippen molar-refractivity contribution in [1.82, 2.24) is 15.1 Å². The third-order valence-corrected chi connectivity index (χ3v) is 6.65. The molecular formula is C25H31N3O5. The number of nitrogens with zero attached hydrogens (tertiary/aromatic N) is 2. The Labute approximate surface area is 193 Å². The summed E-state index contributed by atoms with van der Waals surface area (Å²) in [4.78, 5) is 42.2. The molecule has 8 nitrogen and oxygen atoms in total. The predicted molar refractivity (Wildman–Crippen MR) is 121 cm³/mol. The van der Waals surface area contributed by atoms with Gasteiger partial charge in [0.1, 0.15) is 17.0 Å². The monoisotopic (exact) mass is 453 g/mol. The van der Waals surface area contributed by atoms with Crippen LogP contribution in [-0.2, 0) is 16.1 Å². The molecule has 4 rings (SSSR count). The second-order valence-corrected chi connectivity index (χ2v) is 8.79. The second-order valence-electron chi connectivity index (χ2n) is 8.79. The number of carbonyl (C=O) groups is 3. The van der Waals surface area contributed by atoms with E-state index in [2.05, 4.69) is 5.32 Å². The average molecular weight is 454 g/mol. The molecular weight excluding hydrogens is 422 g/mol. The maximum absolute atomic E-state index is 13.5. The quantitative estimate of drug-likeness (QED) is 0.617. The molecule has 2 saturated heterocycles. The highest BCUT2D eigenvalue weighted by atomic mass is 16.5. The number of piperidine rings is 1. The lowest BCUT2D eigenvalue weighted by molar-refractivity contribution is -0.141. The maximum Gasteiger partial charge on any atom is 0.325 e. The summed E-state index contributed by atoms with van der Waals surface area (Å²) in [6, 6.07) is 12.4. The van der Waals surface area contributed by atoms with E-state index >= 15 is 0 Å². The van der Waals surface area contributed by atoms with Gasteiger partial charge in [0.2, 0.25) is 0 Å². The molecule has 4 amide bonds. The van der Waals surface area contributed by atoms with Crippen LogP contribution in [0.1, 0.15) is 45.3 Å². The molecule has 1 aromatic carbocycles. The third kappa shape index (κ3) is 4.60. The standard InChI is InChI=1S/C25H31N3O5/c1-3-13-25(23(30)28(24(31)26-25)17-21-10-7-16-32-21)19-11-14-27(15-12-19)22(29)18(2)33-20-8-5-4-6-9-20/h4-10,16,18-19H,3,11-15,17H2,1-2H3,(H,26,31)/t18-,25+/m1/s1. The van der Waals surface area contributed by atoms with Crippen LogP contribution in [0.4, 0.5) is 4.79 Å². The van der Waals surface area contributed by atoms with Crippen LogP contribution in [-0.4, -0.2) is 52.4 Å². The number of furan rings is 1. The average Bonchev–Trinajstić information content (AvgIpc) is 3.42. The number of urea groups is 1. The Morgan fingerprint density at radius 3 is 2.55 bits per heavy atom. The van der Waals surface area contributed by atoms with Gasteiger partial charge in [-0.05, 0) is 56.4 Å². The zero-order chi connectivity index (χ0) is 23.4. The fourth-order valence-electron chi connectivity index (χ4n) is 4.99. The van der Waals surface area contributed by atoms with E-state index in [0.717, 1.165) is 6.42 Å². The number of nitrogens with one attached hydrogen (secondary N) is 1. The van der Waals surface area contributed by atoms with Crippen LogP contribution in [0.3, 0.4) is 0 Å². The second kappa shape index (κ2) is 9.68. The largest absolute Gasteiger partial charge is 0.481 e. The number of hydrogen-bond donors (Lipinski definition) is 1. The van der Waals surface area contributed by atoms with Crippen LogP contribution < -0.4 is 10.1 Å². The van der Waals surface area contributed by atoms with Gasteiger partial charge in [-0.1, -0.05) is 31.5 Å². The van der Waals surface area contributed by atoms with Crippen molar-refractivity contribution in [2.45, 2.75) is 57.7 Å². The molecule has 176 valence electrons. The normalized spacial score (nSPS) is 22.4. The van der Waals surface area contributed by atoms with Crippen molar-refractivity contribution in [2.75, 3.05) is 13.1 Å². The number of amides is 4. The number of rotatable bonds is 8. The highest BCUT2D eigenvalue weighted by Crippen LogP contribution is 2.37. The first-order valence-corrected chi connectivity index (χ1v) is 11.6. The summed E-state index contributed by atoms with van der Waals surface area (Å²) in [7, 11) is 0. The summed E-state index contributed by atoms with van der Waals surface area (Å²) in [6.07, 6.45) is 3.56. The molecule has 0 unspecified atom stereocenters. The lowest BCUT2D eigenvalue weighted by Gasteiger charge is -2.41. The molecule has 0 bridgehead atoms. The van der Waals surface area contributed by atoms with E-state index in [1.54, 1.807) is 24.0 Å². The van der Waals surface area contributed by atoms with Gasteiger partial charge < -0.3 is 19.4 Å². The molecule has 0 saturated carbocycles. The van der Waals surface area contributed by atoms with Crippen molar-refractivity contribution in [2.24, 2.45) is 5.92 Å². The fourth-order valence-corrected chi connectivity index (χ4v) is 4.99. The van der Waals surface area contributed by atoms with Gasteiger partial charge in [0.15, 0.2) is 6.10 Å². The van der Waals surface area contributed by atoms with Crippen LogP contribution in [0, 0.1) is 5.92 Å². The fraction of sp³-hybridized carbons (Fsp3) is 0.480. The maximum atomic E-state index is 13.5. The summed E-state index contributed by atoms with van der Waals surface area (Å²) in [5, 5.41) is 3.02. The number of hydrogen-bond acceptors (Lipinski definition) is 5. The van der Waals surface area contributed by atoms with E-state index in [0.29, 0.717) is 43.9 Å². The van der Waals surface area contributed by atoms with Gasteiger partial charge in [-0.25, -0.2) is 4.79 Å². The molecule has 2 aliphatic heterocycles. The summed E-state index contributed by atoms with van der Waals surface area (Å²) in [5.74, 6) is 0.925. The summed E-state index contributed by atoms with van der Waals surface area (Å²) in [5.41, 5.74) is -0.931. The lowest BCUT2D eigenvalue weighted by Crippen LogP contribution is -2.57. The minimum atomic E-state index is -0.931. The lowest BCUT2D eigenvalue weighted by atomic mass is 9.74. The first kappa shape index (κ1) is 22.9. The van der Waals surface area contributed by atoms with Gasteiger partial charge in [-0.15, -0.1) is 0 Å². The topological polar surface area (TPSA) is 92.1 Å². The van der Waals surface area contributed by atoms with Crippen molar-refractivity contribution >= 4 is 17.8 Å². The van der Waals surface area contributed by atoms with E-state index in [1.165, 1.54) is 11.2 Å². The van der Waals surface area contributed by atoms with E-state index in [9.17, 15) is 14.4 Å². The van der Waals surface area contributed by atoms with Gasteiger partial charge in [0.25, 0.3) is 11.8 Å². The molecule has 3 heterocycles. The highest BCUT2D eigenvalue weighted by molar-refractivity contribution is 6.07. The molecule has 2 fully saturated rings. The zero-order valence-corrected chi connectivity index (χ0v) is 19.2. The smallest absolute Gasteiger partial charge is 0.325 e. The Morgan fingerprint density at radius 2 is 1.91 bits per heavy atom. The molecule has 8 heteroatoms. The third-order valence-electron chi connectivity index (χ3n) is 6.65. The van der Waals surface area contributed by atoms with Crippen LogP contribution in [0.15, 0.2) is 53.1 Å². The predicted octanol–water partition coefficient (Wildman–Crippen LogP) is 3.58. The van der Waals surface area contributed by atoms with Crippen molar-refractivity contribution in [1.29, 1.82) is 0 Å². The Morgan fingerprint density at radius 1 is 1.18 bits per heavy atom. The van der Waals surface area contributed by atoms with Gasteiger partial charge in [0, 0.05) is 13.1 Å². The zero-order valence-electron chi connectivity index (χ0n) is 19.2. The van der Waals surface area contributed by atoms with Crippen molar-refractivity contribution in [3.63, 3.8) is 0 Å². The van der Waals surface area contributed by atoms with Crippen molar-refractivity contribution in [3.8, 4) is 5.75 Å². The Hall–Kier alpha value is -3.29. The Bertz CT molecular complexity index is 969. The number of likely N-dealkylation sites (tertiary alicyclic amines) is 1. The summed E-state index contributed by atoms with van der Waals surface area (Å²) >= 11 is 0. The molecule has 0 spiro atoms. The van der Waals surface area contributed by atoms with Gasteiger partial charge in [-0.2, -0.15) is 0 Å². The molecule has 33 heavy (non-hydrogen) atoms. The molecule has 2 aliphatic rings. The molecule has 1 N–H and O–H groups in total. The SMILES string of the molecule is CCC[C@@]1(C2CCN(C(=O)[C@@H](C)Oc3ccccc3)CC2)NC(=O)N(Cc2ccco2)C1=O. The summed E-state index contributed by atoms with van der Waals surface area (Å²) < 4.78 is 11.1. The van der Waals surface area contributed by atoms with Crippen molar-refractivity contribution in [3.05, 3.63) is 54.5 Å². The Kier molecular flexibility index (Phi) is 6.72. The first-order chi connectivity index (χ1) is 15.9. The molecule has 2 atom stereocenters. The number of carbonyl (C=O) groups excluding carboxylic acids is 3. The van der Waals surface area contributed by atoms with E-state index in [4.69, 9.17) is 9.15 Å². The van der Waals surface area contributed by atoms with Gasteiger partial charge >= 0.3 is 6.03 Å². The molecule has 0 radical (unpaired) electrons. The first-order valence-electron chi connectivity index (χ1n) is 11.6. The van der Waals surface area contributed by atoms with E-state index < -0.39 is 11.6 Å². The van der Waals surface area contributed by atoms with Crippen molar-refractivity contribution < 1.29 is 23.5 Å². The minimum Gasteiger partial charge on any atom is -0.481 e. The highest BCUT2D eigenvalue weighted by Gasteiger charge is 2.55. The van der Waals surface area contributed by atoms with Crippen LogP contribution >= 0.6 is 0 Å². The molecule has 1 aromatic heterocycles.